The second kappa shape index (κ2) is 7.15. The van der Waals surface area contributed by atoms with Gasteiger partial charge in [0.2, 0.25) is 0 Å². The summed E-state index contributed by atoms with van der Waals surface area (Å²) in [5.41, 5.74) is 0.807. The number of anilines is 1. The lowest BCUT2D eigenvalue weighted by molar-refractivity contribution is 0.181. The molecule has 1 N–H and O–H groups in total. The smallest absolute Gasteiger partial charge is 0.136 e. The highest BCUT2D eigenvalue weighted by Gasteiger charge is 2.19. The van der Waals surface area contributed by atoms with Gasteiger partial charge in [-0.15, -0.1) is 11.3 Å². The molecule has 0 atom stereocenters. The van der Waals surface area contributed by atoms with Gasteiger partial charge >= 0.3 is 0 Å². The number of thiazole rings is 1. The molecule has 0 unspecified atom stereocenters. The molecule has 0 bridgehead atoms. The van der Waals surface area contributed by atoms with Crippen molar-refractivity contribution in [1.29, 1.82) is 0 Å². The summed E-state index contributed by atoms with van der Waals surface area (Å²) in [4.78, 5) is 14.8. The molecule has 0 fully saturated rings. The second-order valence-corrected chi connectivity index (χ2v) is 7.61. The van der Waals surface area contributed by atoms with Gasteiger partial charge in [0.05, 0.1) is 17.3 Å². The molecule has 5 nitrogen and oxygen atoms in total. The molecule has 2 aromatic heterocycles. The van der Waals surface area contributed by atoms with Crippen LogP contribution in [0.15, 0.2) is 12.3 Å². The van der Waals surface area contributed by atoms with Crippen molar-refractivity contribution in [3.05, 3.63) is 33.7 Å². The fourth-order valence-electron chi connectivity index (χ4n) is 1.96. The predicted molar refractivity (Wildman–Crippen MR) is 90.5 cm³/mol. The van der Waals surface area contributed by atoms with Gasteiger partial charge in [0.25, 0.3) is 0 Å². The Hall–Kier alpha value is -1.53. The van der Waals surface area contributed by atoms with Gasteiger partial charge in [-0.2, -0.15) is 0 Å². The normalized spacial score (nSPS) is 11.7. The molecule has 2 aromatic rings. The van der Waals surface area contributed by atoms with Crippen molar-refractivity contribution in [3.63, 3.8) is 0 Å². The van der Waals surface area contributed by atoms with Crippen LogP contribution in [0.4, 0.5) is 5.82 Å². The zero-order chi connectivity index (χ0) is 16.2. The summed E-state index contributed by atoms with van der Waals surface area (Å²) < 4.78 is 5.20. The summed E-state index contributed by atoms with van der Waals surface area (Å²) in [6.45, 7) is 9.71. The van der Waals surface area contributed by atoms with E-state index in [0.29, 0.717) is 6.61 Å². The molecule has 2 rings (SSSR count). The first kappa shape index (κ1) is 16.8. The highest BCUT2D eigenvalue weighted by Crippen LogP contribution is 2.21. The highest BCUT2D eigenvalue weighted by atomic mass is 32.1. The number of ether oxygens (including phenoxy) is 1. The summed E-state index contributed by atoms with van der Waals surface area (Å²) >= 11 is 1.74. The van der Waals surface area contributed by atoms with Crippen LogP contribution in [-0.2, 0) is 23.2 Å². The molecule has 0 amide bonds. The number of methoxy groups -OCH3 is 1. The van der Waals surface area contributed by atoms with Crippen LogP contribution >= 0.6 is 11.3 Å². The minimum Gasteiger partial charge on any atom is -0.378 e. The topological polar surface area (TPSA) is 59.9 Å². The monoisotopic (exact) mass is 320 g/mol. The highest BCUT2D eigenvalue weighted by molar-refractivity contribution is 7.11. The van der Waals surface area contributed by atoms with Crippen LogP contribution in [0, 0.1) is 6.92 Å². The van der Waals surface area contributed by atoms with Crippen LogP contribution in [0.25, 0.3) is 0 Å². The van der Waals surface area contributed by atoms with Gasteiger partial charge in [-0.05, 0) is 6.92 Å². The minimum absolute atomic E-state index is 0.0907. The average molecular weight is 320 g/mol. The van der Waals surface area contributed by atoms with Gasteiger partial charge in [-0.3, -0.25) is 0 Å². The minimum atomic E-state index is -0.0907. The third-order valence-corrected chi connectivity index (χ3v) is 4.03. The first-order chi connectivity index (χ1) is 10.4. The van der Waals surface area contributed by atoms with Crippen LogP contribution < -0.4 is 5.32 Å². The second-order valence-electron chi connectivity index (χ2n) is 6.29. The van der Waals surface area contributed by atoms with Crippen LogP contribution in [0.5, 0.6) is 0 Å². The van der Waals surface area contributed by atoms with E-state index >= 15 is 0 Å². The van der Waals surface area contributed by atoms with E-state index in [1.165, 1.54) is 4.88 Å². The third kappa shape index (κ3) is 4.74. The number of nitrogens with one attached hydrogen (secondary N) is 1. The van der Waals surface area contributed by atoms with Gasteiger partial charge in [0.1, 0.15) is 11.6 Å². The molecule has 0 radical (unpaired) electrons. The van der Waals surface area contributed by atoms with E-state index in [1.54, 1.807) is 18.4 Å². The quantitative estimate of drug-likeness (QED) is 0.884. The maximum Gasteiger partial charge on any atom is 0.136 e. The first-order valence-corrected chi connectivity index (χ1v) is 8.22. The van der Waals surface area contributed by atoms with E-state index in [0.717, 1.165) is 35.3 Å². The molecule has 0 aliphatic carbocycles. The molecule has 6 heteroatoms. The molecule has 0 spiro atoms. The van der Waals surface area contributed by atoms with Gasteiger partial charge in [0, 0.05) is 42.6 Å². The van der Waals surface area contributed by atoms with E-state index in [9.17, 15) is 0 Å². The van der Waals surface area contributed by atoms with Crippen molar-refractivity contribution in [2.75, 3.05) is 19.0 Å². The number of hydrogen-bond acceptors (Lipinski definition) is 6. The van der Waals surface area contributed by atoms with Crippen LogP contribution in [0.1, 0.15) is 42.2 Å². The number of nitrogens with zero attached hydrogens (tertiary/aromatic N) is 3. The summed E-state index contributed by atoms with van der Waals surface area (Å²) in [7, 11) is 1.68. The molecule has 22 heavy (non-hydrogen) atoms. The van der Waals surface area contributed by atoms with Crippen LogP contribution in [-0.4, -0.2) is 28.6 Å². The van der Waals surface area contributed by atoms with E-state index in [2.05, 4.69) is 48.0 Å². The van der Waals surface area contributed by atoms with Crippen molar-refractivity contribution in [2.24, 2.45) is 0 Å². The number of rotatable bonds is 6. The average Bonchev–Trinajstić information content (AvgIpc) is 2.84. The fraction of sp³-hybridized carbons (Fsp3) is 0.562. The molecular weight excluding hydrogens is 296 g/mol. The molecule has 0 saturated carbocycles. The Balaban J connectivity index is 2.06. The molecule has 0 aliphatic rings. The molecule has 2 heterocycles. The molecule has 0 aliphatic heterocycles. The van der Waals surface area contributed by atoms with Gasteiger partial charge in [-0.25, -0.2) is 15.0 Å². The fourth-order valence-corrected chi connectivity index (χ4v) is 2.75. The maximum absolute atomic E-state index is 5.20. The zero-order valence-corrected chi connectivity index (χ0v) is 14.8. The third-order valence-electron chi connectivity index (χ3n) is 3.06. The van der Waals surface area contributed by atoms with Crippen molar-refractivity contribution in [2.45, 2.75) is 46.1 Å². The number of aromatic nitrogens is 3. The maximum atomic E-state index is 5.20. The van der Waals surface area contributed by atoms with Gasteiger partial charge in [-0.1, -0.05) is 20.8 Å². The zero-order valence-electron chi connectivity index (χ0n) is 13.9. The van der Waals surface area contributed by atoms with E-state index < -0.39 is 0 Å². The summed E-state index contributed by atoms with van der Waals surface area (Å²) in [5, 5.41) is 4.52. The molecular formula is C16H24N4OS. The molecule has 120 valence electrons. The van der Waals surface area contributed by atoms with E-state index in [1.807, 2.05) is 12.3 Å². The number of aryl methyl sites for hydroxylation is 1. The lowest BCUT2D eigenvalue weighted by Gasteiger charge is -2.18. The van der Waals surface area contributed by atoms with Crippen molar-refractivity contribution < 1.29 is 4.74 Å². The van der Waals surface area contributed by atoms with Crippen molar-refractivity contribution in [1.82, 2.24) is 15.0 Å². The molecule has 0 aromatic carbocycles. The Morgan fingerprint density at radius 3 is 2.64 bits per heavy atom. The van der Waals surface area contributed by atoms with E-state index in [4.69, 9.17) is 4.74 Å². The Morgan fingerprint density at radius 2 is 2.05 bits per heavy atom. The van der Waals surface area contributed by atoms with Crippen molar-refractivity contribution in [3.8, 4) is 0 Å². The van der Waals surface area contributed by atoms with Crippen LogP contribution in [0.3, 0.4) is 0 Å². The van der Waals surface area contributed by atoms with Gasteiger partial charge in [0.15, 0.2) is 0 Å². The Kier molecular flexibility index (Phi) is 5.47. The largest absolute Gasteiger partial charge is 0.378 e. The lowest BCUT2D eigenvalue weighted by Crippen LogP contribution is -2.19. The SMILES string of the molecule is COCc1cc(NCCc2ncc(C)s2)nc(C(C)(C)C)n1. The Bertz CT molecular complexity index is 619. The summed E-state index contributed by atoms with van der Waals surface area (Å²) in [6, 6.07) is 1.95. The Labute approximate surface area is 136 Å². The number of hydrogen-bond donors (Lipinski definition) is 1. The first-order valence-electron chi connectivity index (χ1n) is 7.41. The standard InChI is InChI=1S/C16H24N4OS/c1-11-9-18-14(22-11)6-7-17-13-8-12(10-21-5)19-15(20-13)16(2,3)4/h8-9H,6-7,10H2,1-5H3,(H,17,19,20). The predicted octanol–water partition coefficient (Wildman–Crippen LogP) is 3.34. The summed E-state index contributed by atoms with van der Waals surface area (Å²) in [6.07, 6.45) is 2.81. The lowest BCUT2D eigenvalue weighted by atomic mass is 9.95. The van der Waals surface area contributed by atoms with Crippen LogP contribution in [0.2, 0.25) is 0 Å². The van der Waals surface area contributed by atoms with Crippen molar-refractivity contribution >= 4 is 17.2 Å². The summed E-state index contributed by atoms with van der Waals surface area (Å²) in [5.74, 6) is 1.68. The Morgan fingerprint density at radius 1 is 1.27 bits per heavy atom. The molecule has 0 saturated heterocycles. The van der Waals surface area contributed by atoms with Gasteiger partial charge < -0.3 is 10.1 Å². The van der Waals surface area contributed by atoms with E-state index in [-0.39, 0.29) is 5.41 Å².